The third-order valence-electron chi connectivity index (χ3n) is 4.21. The number of carbonyl (C=O) groups excluding carboxylic acids is 1. The summed E-state index contributed by atoms with van der Waals surface area (Å²) in [5, 5.41) is 15.4. The standard InChI is InChI=1S/C20H14N4O3/c25-20-19(22-21-16-11-5-7-13-18(16)24(26)27)15-10-4-6-12-17(15)23(20)14-8-2-1-3-9-14/h1-13,21H/b22-19+. The molecule has 0 aliphatic carbocycles. The monoisotopic (exact) mass is 358 g/mol. The van der Waals surface area contributed by atoms with Gasteiger partial charge in [0.05, 0.1) is 10.6 Å². The summed E-state index contributed by atoms with van der Waals surface area (Å²) in [6.07, 6.45) is 0. The van der Waals surface area contributed by atoms with Crippen molar-refractivity contribution in [3.8, 4) is 0 Å². The SMILES string of the molecule is O=C1/C(=N/Nc2ccccc2[N+](=O)[O-])c2ccccc2N1c1ccccc1. The van der Waals surface area contributed by atoms with Crippen molar-refractivity contribution in [2.75, 3.05) is 10.3 Å². The van der Waals surface area contributed by atoms with Gasteiger partial charge >= 0.3 is 0 Å². The van der Waals surface area contributed by atoms with E-state index in [-0.39, 0.29) is 23.0 Å². The van der Waals surface area contributed by atoms with Crippen LogP contribution in [0.4, 0.5) is 22.7 Å². The molecule has 0 saturated carbocycles. The number of para-hydroxylation sites is 4. The van der Waals surface area contributed by atoms with Gasteiger partial charge in [-0.3, -0.25) is 25.2 Å². The Morgan fingerprint density at radius 1 is 0.889 bits per heavy atom. The molecule has 1 aliphatic heterocycles. The minimum Gasteiger partial charge on any atom is -0.275 e. The van der Waals surface area contributed by atoms with E-state index in [1.165, 1.54) is 6.07 Å². The molecule has 7 heteroatoms. The molecule has 0 fully saturated rings. The van der Waals surface area contributed by atoms with Crippen LogP contribution in [-0.4, -0.2) is 16.5 Å². The number of nitro groups is 1. The summed E-state index contributed by atoms with van der Waals surface area (Å²) in [6, 6.07) is 22.7. The number of carbonyl (C=O) groups is 1. The fourth-order valence-electron chi connectivity index (χ4n) is 2.98. The highest BCUT2D eigenvalue weighted by Gasteiger charge is 2.35. The van der Waals surface area contributed by atoms with E-state index in [1.54, 1.807) is 29.2 Å². The quantitative estimate of drug-likeness (QED) is 0.562. The van der Waals surface area contributed by atoms with Crippen LogP contribution in [0.1, 0.15) is 5.56 Å². The first-order chi connectivity index (χ1) is 13.2. The summed E-state index contributed by atoms with van der Waals surface area (Å²) in [5.41, 5.74) is 5.10. The van der Waals surface area contributed by atoms with Gasteiger partial charge in [-0.1, -0.05) is 48.5 Å². The molecule has 1 N–H and O–H groups in total. The number of fused-ring (bicyclic) bond motifs is 1. The third-order valence-corrected chi connectivity index (χ3v) is 4.21. The number of anilines is 3. The molecule has 0 saturated heterocycles. The first-order valence-electron chi connectivity index (χ1n) is 8.23. The van der Waals surface area contributed by atoms with Crippen molar-refractivity contribution in [1.29, 1.82) is 0 Å². The van der Waals surface area contributed by atoms with Crippen LogP contribution in [0.2, 0.25) is 0 Å². The second kappa shape index (κ2) is 6.72. The maximum atomic E-state index is 13.0. The number of hydrazone groups is 1. The molecule has 4 rings (SSSR count). The molecule has 0 unspecified atom stereocenters. The lowest BCUT2D eigenvalue weighted by atomic mass is 10.1. The van der Waals surface area contributed by atoms with Crippen LogP contribution in [0.15, 0.2) is 84.0 Å². The number of nitrogens with one attached hydrogen (secondary N) is 1. The Kier molecular flexibility index (Phi) is 4.10. The molecular formula is C20H14N4O3. The molecule has 1 amide bonds. The van der Waals surface area contributed by atoms with Crippen LogP contribution in [0.3, 0.4) is 0 Å². The van der Waals surface area contributed by atoms with E-state index in [0.29, 0.717) is 5.56 Å². The van der Waals surface area contributed by atoms with Crippen molar-refractivity contribution in [1.82, 2.24) is 0 Å². The number of nitro benzene ring substituents is 1. The zero-order chi connectivity index (χ0) is 18.8. The van der Waals surface area contributed by atoms with E-state index in [0.717, 1.165) is 11.4 Å². The van der Waals surface area contributed by atoms with Crippen molar-refractivity contribution in [3.05, 3.63) is 94.5 Å². The summed E-state index contributed by atoms with van der Waals surface area (Å²) in [5.74, 6) is -0.298. The second-order valence-corrected chi connectivity index (χ2v) is 5.84. The van der Waals surface area contributed by atoms with E-state index in [1.807, 2.05) is 48.5 Å². The van der Waals surface area contributed by atoms with Gasteiger partial charge in [0.1, 0.15) is 5.69 Å². The largest absolute Gasteiger partial charge is 0.294 e. The van der Waals surface area contributed by atoms with E-state index >= 15 is 0 Å². The highest BCUT2D eigenvalue weighted by Crippen LogP contribution is 2.35. The number of benzene rings is 3. The van der Waals surface area contributed by atoms with Crippen LogP contribution in [-0.2, 0) is 4.79 Å². The molecule has 27 heavy (non-hydrogen) atoms. The van der Waals surface area contributed by atoms with Crippen molar-refractivity contribution in [2.24, 2.45) is 5.10 Å². The van der Waals surface area contributed by atoms with Gasteiger partial charge in [-0.05, 0) is 24.3 Å². The molecule has 0 aromatic heterocycles. The Morgan fingerprint density at radius 2 is 1.56 bits per heavy atom. The predicted molar refractivity (Wildman–Crippen MR) is 103 cm³/mol. The Hall–Kier alpha value is -4.00. The van der Waals surface area contributed by atoms with Crippen molar-refractivity contribution < 1.29 is 9.72 Å². The molecular weight excluding hydrogens is 344 g/mol. The average molecular weight is 358 g/mol. The average Bonchev–Trinajstić information content (AvgIpc) is 2.98. The summed E-state index contributed by atoms with van der Waals surface area (Å²) >= 11 is 0. The maximum absolute atomic E-state index is 13.0. The van der Waals surface area contributed by atoms with E-state index in [2.05, 4.69) is 10.5 Å². The topological polar surface area (TPSA) is 87.8 Å². The molecule has 0 spiro atoms. The Morgan fingerprint density at radius 3 is 2.33 bits per heavy atom. The molecule has 0 bridgehead atoms. The molecule has 132 valence electrons. The normalized spacial score (nSPS) is 14.3. The van der Waals surface area contributed by atoms with Gasteiger partial charge in [0.15, 0.2) is 5.71 Å². The molecule has 1 aliphatic rings. The molecule has 0 atom stereocenters. The number of hydrogen-bond acceptors (Lipinski definition) is 5. The van der Waals surface area contributed by atoms with Crippen molar-refractivity contribution in [2.45, 2.75) is 0 Å². The Balaban J connectivity index is 1.75. The van der Waals surface area contributed by atoms with Gasteiger partial charge in [0.25, 0.3) is 11.6 Å². The van der Waals surface area contributed by atoms with Crippen LogP contribution < -0.4 is 10.3 Å². The van der Waals surface area contributed by atoms with E-state index in [9.17, 15) is 14.9 Å². The minimum absolute atomic E-state index is 0.111. The fourth-order valence-corrected chi connectivity index (χ4v) is 2.98. The summed E-state index contributed by atoms with van der Waals surface area (Å²) in [7, 11) is 0. The molecule has 7 nitrogen and oxygen atoms in total. The number of hydrogen-bond donors (Lipinski definition) is 1. The minimum atomic E-state index is -0.497. The van der Waals surface area contributed by atoms with E-state index in [4.69, 9.17) is 0 Å². The first-order valence-corrected chi connectivity index (χ1v) is 8.23. The molecule has 0 radical (unpaired) electrons. The Bertz CT molecular complexity index is 1060. The molecule has 3 aromatic carbocycles. The summed E-state index contributed by atoms with van der Waals surface area (Å²) in [4.78, 5) is 25.3. The van der Waals surface area contributed by atoms with Crippen LogP contribution in [0, 0.1) is 10.1 Å². The third kappa shape index (κ3) is 2.91. The molecule has 1 heterocycles. The smallest absolute Gasteiger partial charge is 0.275 e. The number of nitrogens with zero attached hydrogens (tertiary/aromatic N) is 3. The zero-order valence-corrected chi connectivity index (χ0v) is 14.1. The van der Waals surface area contributed by atoms with Gasteiger partial charge in [-0.15, -0.1) is 0 Å². The lowest BCUT2D eigenvalue weighted by Gasteiger charge is -2.16. The first kappa shape index (κ1) is 16.5. The van der Waals surface area contributed by atoms with Crippen molar-refractivity contribution >= 4 is 34.4 Å². The highest BCUT2D eigenvalue weighted by atomic mass is 16.6. The van der Waals surface area contributed by atoms with Gasteiger partial charge < -0.3 is 0 Å². The lowest BCUT2D eigenvalue weighted by Crippen LogP contribution is -2.26. The number of rotatable bonds is 4. The van der Waals surface area contributed by atoms with Gasteiger partial charge in [-0.25, -0.2) is 0 Å². The van der Waals surface area contributed by atoms with Gasteiger partial charge in [0, 0.05) is 17.3 Å². The fraction of sp³-hybridized carbons (Fsp3) is 0. The Labute approximate surface area is 154 Å². The second-order valence-electron chi connectivity index (χ2n) is 5.84. The summed E-state index contributed by atoms with van der Waals surface area (Å²) in [6.45, 7) is 0. The maximum Gasteiger partial charge on any atom is 0.294 e. The predicted octanol–water partition coefficient (Wildman–Crippen LogP) is 4.09. The lowest BCUT2D eigenvalue weighted by molar-refractivity contribution is -0.384. The number of amides is 1. The van der Waals surface area contributed by atoms with Crippen LogP contribution in [0.25, 0.3) is 0 Å². The van der Waals surface area contributed by atoms with Gasteiger partial charge in [0.2, 0.25) is 0 Å². The van der Waals surface area contributed by atoms with Crippen LogP contribution >= 0.6 is 0 Å². The highest BCUT2D eigenvalue weighted by molar-refractivity contribution is 6.55. The van der Waals surface area contributed by atoms with Crippen molar-refractivity contribution in [3.63, 3.8) is 0 Å². The molecule has 3 aromatic rings. The summed E-state index contributed by atoms with van der Waals surface area (Å²) < 4.78 is 0. The van der Waals surface area contributed by atoms with Crippen LogP contribution in [0.5, 0.6) is 0 Å². The zero-order valence-electron chi connectivity index (χ0n) is 14.1. The van der Waals surface area contributed by atoms with Gasteiger partial charge in [-0.2, -0.15) is 5.10 Å². The van der Waals surface area contributed by atoms with E-state index < -0.39 is 4.92 Å².